The molecule has 0 aliphatic carbocycles. The molecule has 3 nitrogen and oxygen atoms in total. The normalized spacial score (nSPS) is 24.0. The van der Waals surface area contributed by atoms with Crippen LogP contribution in [0.2, 0.25) is 0 Å². The summed E-state index contributed by atoms with van der Waals surface area (Å²) in [5, 5.41) is 2.12. The molecule has 2 heterocycles. The lowest BCUT2D eigenvalue weighted by atomic mass is 9.96. The first kappa shape index (κ1) is 10.1. The maximum absolute atomic E-state index is 5.61. The van der Waals surface area contributed by atoms with Gasteiger partial charge in [0.25, 0.3) is 0 Å². The van der Waals surface area contributed by atoms with Crippen molar-refractivity contribution in [2.24, 2.45) is 11.8 Å². The minimum Gasteiger partial charge on any atom is -0.381 e. The molecule has 1 aromatic rings. The van der Waals surface area contributed by atoms with Gasteiger partial charge >= 0.3 is 0 Å². The second-order valence-corrected chi connectivity index (χ2v) is 4.68. The number of thiophene rings is 1. The SMILES string of the molecule is Cc1ccsc1C(NN)C1CCOC1. The molecule has 1 saturated heterocycles. The average molecular weight is 212 g/mol. The second kappa shape index (κ2) is 4.40. The molecule has 0 bridgehead atoms. The van der Waals surface area contributed by atoms with Gasteiger partial charge in [-0.3, -0.25) is 11.3 Å². The van der Waals surface area contributed by atoms with Crippen LogP contribution in [0, 0.1) is 12.8 Å². The Labute approximate surface area is 88.2 Å². The highest BCUT2D eigenvalue weighted by molar-refractivity contribution is 7.10. The van der Waals surface area contributed by atoms with Crippen LogP contribution in [0.4, 0.5) is 0 Å². The van der Waals surface area contributed by atoms with Gasteiger partial charge in [0.15, 0.2) is 0 Å². The summed E-state index contributed by atoms with van der Waals surface area (Å²) in [7, 11) is 0. The molecule has 4 heteroatoms. The van der Waals surface area contributed by atoms with Crippen molar-refractivity contribution >= 4 is 11.3 Å². The van der Waals surface area contributed by atoms with Crippen molar-refractivity contribution in [1.29, 1.82) is 0 Å². The topological polar surface area (TPSA) is 47.3 Å². The van der Waals surface area contributed by atoms with E-state index < -0.39 is 0 Å². The molecule has 0 spiro atoms. The predicted molar refractivity (Wildman–Crippen MR) is 58.0 cm³/mol. The van der Waals surface area contributed by atoms with E-state index >= 15 is 0 Å². The van der Waals surface area contributed by atoms with Crippen LogP contribution in [0.1, 0.15) is 22.9 Å². The van der Waals surface area contributed by atoms with Crippen molar-refractivity contribution in [3.63, 3.8) is 0 Å². The minimum atomic E-state index is 0.262. The van der Waals surface area contributed by atoms with Gasteiger partial charge in [0.1, 0.15) is 0 Å². The van der Waals surface area contributed by atoms with Crippen LogP contribution in [0.25, 0.3) is 0 Å². The number of nitrogens with two attached hydrogens (primary N) is 1. The van der Waals surface area contributed by atoms with Gasteiger partial charge in [-0.2, -0.15) is 0 Å². The Hall–Kier alpha value is -0.420. The van der Waals surface area contributed by atoms with E-state index in [-0.39, 0.29) is 6.04 Å². The molecule has 14 heavy (non-hydrogen) atoms. The van der Waals surface area contributed by atoms with Crippen molar-refractivity contribution in [2.45, 2.75) is 19.4 Å². The number of hydrazine groups is 1. The highest BCUT2D eigenvalue weighted by Crippen LogP contribution is 2.32. The molecule has 0 aromatic carbocycles. The highest BCUT2D eigenvalue weighted by atomic mass is 32.1. The lowest BCUT2D eigenvalue weighted by Crippen LogP contribution is -2.33. The Bertz CT molecular complexity index is 294. The first-order valence-corrected chi connectivity index (χ1v) is 5.78. The standard InChI is InChI=1S/C10H16N2OS/c1-7-3-5-14-10(7)9(12-11)8-2-4-13-6-8/h3,5,8-9,12H,2,4,6,11H2,1H3. The van der Waals surface area contributed by atoms with E-state index in [1.807, 2.05) is 0 Å². The zero-order valence-corrected chi connectivity index (χ0v) is 9.14. The number of ether oxygens (including phenoxy) is 1. The summed E-state index contributed by atoms with van der Waals surface area (Å²) < 4.78 is 5.39. The number of nitrogens with one attached hydrogen (secondary N) is 1. The van der Waals surface area contributed by atoms with Crippen molar-refractivity contribution in [2.75, 3.05) is 13.2 Å². The van der Waals surface area contributed by atoms with Crippen LogP contribution >= 0.6 is 11.3 Å². The zero-order valence-electron chi connectivity index (χ0n) is 8.32. The Morgan fingerprint density at radius 2 is 2.57 bits per heavy atom. The highest BCUT2D eigenvalue weighted by Gasteiger charge is 2.27. The lowest BCUT2D eigenvalue weighted by Gasteiger charge is -2.21. The molecule has 3 N–H and O–H groups in total. The van der Waals surface area contributed by atoms with Gasteiger partial charge in [-0.05, 0) is 30.4 Å². The summed E-state index contributed by atoms with van der Waals surface area (Å²) in [6.07, 6.45) is 1.10. The van der Waals surface area contributed by atoms with Crippen LogP contribution in [0.5, 0.6) is 0 Å². The zero-order chi connectivity index (χ0) is 9.97. The molecule has 1 fully saturated rings. The Kier molecular flexibility index (Phi) is 3.18. The van der Waals surface area contributed by atoms with Crippen LogP contribution in [-0.2, 0) is 4.74 Å². The molecule has 1 aliphatic rings. The lowest BCUT2D eigenvalue weighted by molar-refractivity contribution is 0.177. The van der Waals surface area contributed by atoms with Gasteiger partial charge in [0.2, 0.25) is 0 Å². The van der Waals surface area contributed by atoms with Gasteiger partial charge < -0.3 is 4.74 Å². The van der Waals surface area contributed by atoms with E-state index in [0.29, 0.717) is 5.92 Å². The molecule has 0 saturated carbocycles. The van der Waals surface area contributed by atoms with Crippen molar-refractivity contribution in [1.82, 2.24) is 5.43 Å². The summed E-state index contributed by atoms with van der Waals surface area (Å²) in [5.74, 6) is 6.14. The average Bonchev–Trinajstić information content (AvgIpc) is 2.80. The maximum atomic E-state index is 5.61. The third kappa shape index (κ3) is 1.83. The van der Waals surface area contributed by atoms with Crippen molar-refractivity contribution < 1.29 is 4.74 Å². The van der Waals surface area contributed by atoms with Crippen LogP contribution in [-0.4, -0.2) is 13.2 Å². The summed E-state index contributed by atoms with van der Waals surface area (Å²) in [6, 6.07) is 2.40. The smallest absolute Gasteiger partial charge is 0.0606 e. The monoisotopic (exact) mass is 212 g/mol. The van der Waals surface area contributed by atoms with Gasteiger partial charge in [0, 0.05) is 17.4 Å². The van der Waals surface area contributed by atoms with Crippen LogP contribution < -0.4 is 11.3 Å². The third-order valence-corrected chi connectivity index (χ3v) is 3.90. The van der Waals surface area contributed by atoms with Gasteiger partial charge in [0.05, 0.1) is 12.6 Å². The van der Waals surface area contributed by atoms with Crippen LogP contribution in [0.15, 0.2) is 11.4 Å². The van der Waals surface area contributed by atoms with E-state index in [1.165, 1.54) is 10.4 Å². The fourth-order valence-electron chi connectivity index (χ4n) is 1.94. The Morgan fingerprint density at radius 1 is 1.71 bits per heavy atom. The van der Waals surface area contributed by atoms with E-state index in [2.05, 4.69) is 23.8 Å². The fourth-order valence-corrected chi connectivity index (χ4v) is 3.02. The molecule has 2 unspecified atom stereocenters. The summed E-state index contributed by atoms with van der Waals surface area (Å²) >= 11 is 1.77. The van der Waals surface area contributed by atoms with Crippen LogP contribution in [0.3, 0.4) is 0 Å². The van der Waals surface area contributed by atoms with E-state index in [0.717, 1.165) is 19.6 Å². The number of rotatable bonds is 3. The number of hydrogen-bond donors (Lipinski definition) is 2. The van der Waals surface area contributed by atoms with Gasteiger partial charge in [-0.25, -0.2) is 0 Å². The second-order valence-electron chi connectivity index (χ2n) is 3.74. The van der Waals surface area contributed by atoms with E-state index in [4.69, 9.17) is 10.6 Å². The van der Waals surface area contributed by atoms with Gasteiger partial charge in [-0.1, -0.05) is 0 Å². The first-order valence-electron chi connectivity index (χ1n) is 4.91. The molecule has 0 radical (unpaired) electrons. The molecule has 2 rings (SSSR count). The fraction of sp³-hybridized carbons (Fsp3) is 0.600. The predicted octanol–water partition coefficient (Wildman–Crippen LogP) is 1.60. The quantitative estimate of drug-likeness (QED) is 0.591. The molecule has 1 aromatic heterocycles. The van der Waals surface area contributed by atoms with Crippen molar-refractivity contribution in [3.8, 4) is 0 Å². The maximum Gasteiger partial charge on any atom is 0.0606 e. The third-order valence-electron chi connectivity index (χ3n) is 2.80. The van der Waals surface area contributed by atoms with Gasteiger partial charge in [-0.15, -0.1) is 11.3 Å². The Balaban J connectivity index is 2.16. The number of hydrogen-bond acceptors (Lipinski definition) is 4. The summed E-state index contributed by atoms with van der Waals surface area (Å²) in [4.78, 5) is 1.35. The molecule has 78 valence electrons. The van der Waals surface area contributed by atoms with E-state index in [1.54, 1.807) is 11.3 Å². The molecule has 1 aliphatic heterocycles. The molecular formula is C10H16N2OS. The first-order chi connectivity index (χ1) is 6.83. The summed E-state index contributed by atoms with van der Waals surface area (Å²) in [5.41, 5.74) is 4.24. The summed E-state index contributed by atoms with van der Waals surface area (Å²) in [6.45, 7) is 3.82. The number of aryl methyl sites for hydroxylation is 1. The molecular weight excluding hydrogens is 196 g/mol. The minimum absolute atomic E-state index is 0.262. The molecule has 0 amide bonds. The van der Waals surface area contributed by atoms with Crippen molar-refractivity contribution in [3.05, 3.63) is 21.9 Å². The Morgan fingerprint density at radius 3 is 3.07 bits per heavy atom. The largest absolute Gasteiger partial charge is 0.381 e. The molecule has 2 atom stereocenters. The van der Waals surface area contributed by atoms with E-state index in [9.17, 15) is 0 Å².